The van der Waals surface area contributed by atoms with E-state index in [1.807, 2.05) is 29.9 Å². The molecule has 0 fully saturated rings. The first-order chi connectivity index (χ1) is 12.9. The van der Waals surface area contributed by atoms with E-state index in [9.17, 15) is 0 Å². The van der Waals surface area contributed by atoms with Crippen molar-refractivity contribution in [2.75, 3.05) is 0 Å². The summed E-state index contributed by atoms with van der Waals surface area (Å²) < 4.78 is 0.419. The Kier molecular flexibility index (Phi) is 8.20. The zero-order valence-electron chi connectivity index (χ0n) is 19.5. The summed E-state index contributed by atoms with van der Waals surface area (Å²) in [5.74, 6) is 1.21. The Morgan fingerprint density at radius 2 is 1.50 bits per heavy atom. The molecule has 0 aromatic carbocycles. The van der Waals surface area contributed by atoms with Gasteiger partial charge in [0.05, 0.1) is 0 Å². The van der Waals surface area contributed by atoms with E-state index >= 15 is 0 Å². The fraction of sp³-hybridized carbons (Fsp3) is 0.680. The number of hydrogen-bond donors (Lipinski definition) is 0. The van der Waals surface area contributed by atoms with Crippen molar-refractivity contribution in [3.05, 3.63) is 33.0 Å². The van der Waals surface area contributed by atoms with E-state index in [4.69, 9.17) is 0 Å². The van der Waals surface area contributed by atoms with Crippen LogP contribution in [-0.4, -0.2) is 18.6 Å². The molecule has 2 aromatic heterocycles. The van der Waals surface area contributed by atoms with E-state index in [0.29, 0.717) is 21.2 Å². The van der Waals surface area contributed by atoms with Gasteiger partial charge in [0, 0.05) is 0 Å². The molecule has 2 aromatic rings. The van der Waals surface area contributed by atoms with Gasteiger partial charge in [-0.05, 0) is 0 Å². The second-order valence-electron chi connectivity index (χ2n) is 10.2. The molecule has 1 atom stereocenters. The summed E-state index contributed by atoms with van der Waals surface area (Å²) in [6.07, 6.45) is 4.86. The Bertz CT molecular complexity index is 775. The molecular formula is C25H39GaS2. The van der Waals surface area contributed by atoms with Crippen molar-refractivity contribution >= 4 is 41.3 Å². The van der Waals surface area contributed by atoms with Crippen LogP contribution in [0.2, 0.25) is 3.97 Å². The van der Waals surface area contributed by atoms with Crippen LogP contribution in [0.1, 0.15) is 108 Å². The molecule has 0 aliphatic carbocycles. The van der Waals surface area contributed by atoms with Crippen LogP contribution in [0.3, 0.4) is 0 Å². The maximum atomic E-state index is 2.54. The van der Waals surface area contributed by atoms with Crippen molar-refractivity contribution in [1.82, 2.24) is 0 Å². The number of rotatable bonds is 9. The number of hydrogen-bond acceptors (Lipinski definition) is 2. The van der Waals surface area contributed by atoms with Crippen molar-refractivity contribution in [2.24, 2.45) is 5.41 Å². The molecule has 0 nitrogen and oxygen atoms in total. The van der Waals surface area contributed by atoms with Gasteiger partial charge in [0.2, 0.25) is 0 Å². The molecule has 0 bridgehead atoms. The Labute approximate surface area is 192 Å². The summed E-state index contributed by atoms with van der Waals surface area (Å²) >= 11 is 6.00. The van der Waals surface area contributed by atoms with Crippen LogP contribution >= 0.6 is 22.7 Å². The molecule has 1 unspecified atom stereocenters. The molecule has 3 heteroatoms. The first kappa shape index (κ1) is 24.3. The quantitative estimate of drug-likeness (QED) is 0.319. The van der Waals surface area contributed by atoms with E-state index in [1.54, 1.807) is 25.8 Å². The number of thiophene rings is 2. The van der Waals surface area contributed by atoms with E-state index < -0.39 is 0 Å². The summed E-state index contributed by atoms with van der Waals surface area (Å²) in [5.41, 5.74) is 3.54. The molecule has 0 N–H and O–H groups in total. The minimum atomic E-state index is 0.371. The summed E-state index contributed by atoms with van der Waals surface area (Å²) in [5, 5.41) is 0. The monoisotopic (exact) mass is 472 g/mol. The van der Waals surface area contributed by atoms with Gasteiger partial charge in [-0.25, -0.2) is 0 Å². The fourth-order valence-corrected chi connectivity index (χ4v) is 6.42. The Balaban J connectivity index is 2.54. The predicted octanol–water partition coefficient (Wildman–Crippen LogP) is 9.00. The van der Waals surface area contributed by atoms with Gasteiger partial charge in [-0.1, -0.05) is 0 Å². The molecule has 28 heavy (non-hydrogen) atoms. The SMILES string of the molecule is CCC(C)(C)Cc1cc(-c2sc(C(C)C)cc2C[C](C)([Ga])CC)sc1C(C)C. The van der Waals surface area contributed by atoms with Crippen LogP contribution in [0.5, 0.6) is 0 Å². The van der Waals surface area contributed by atoms with Crippen LogP contribution in [0.4, 0.5) is 0 Å². The minimum absolute atomic E-state index is 0.371. The van der Waals surface area contributed by atoms with Gasteiger partial charge in [-0.15, -0.1) is 0 Å². The van der Waals surface area contributed by atoms with E-state index in [0.717, 1.165) is 0 Å². The van der Waals surface area contributed by atoms with Crippen LogP contribution < -0.4 is 0 Å². The van der Waals surface area contributed by atoms with Gasteiger partial charge < -0.3 is 0 Å². The van der Waals surface area contributed by atoms with E-state index in [2.05, 4.69) is 85.8 Å². The molecule has 0 aliphatic heterocycles. The molecule has 2 heterocycles. The molecule has 154 valence electrons. The van der Waals surface area contributed by atoms with E-state index in [1.165, 1.54) is 30.6 Å². The molecule has 0 saturated heterocycles. The van der Waals surface area contributed by atoms with Crippen molar-refractivity contribution in [3.8, 4) is 9.75 Å². The van der Waals surface area contributed by atoms with Crippen LogP contribution in [0.25, 0.3) is 9.75 Å². The summed E-state index contributed by atoms with van der Waals surface area (Å²) in [6.45, 7) is 21.3. The second-order valence-corrected chi connectivity index (χ2v) is 15.3. The van der Waals surface area contributed by atoms with Crippen LogP contribution in [0, 0.1) is 5.41 Å². The van der Waals surface area contributed by atoms with Gasteiger partial charge in [0.25, 0.3) is 0 Å². The first-order valence-corrected chi connectivity index (χ1v) is 13.8. The standard InChI is InChI=1S/C25H39S2.Ga/c1-10-18(7)12-19-13-21(16(3)4)26-24(19)22-14-20(15-25(8,9)11-2)23(27-22)17(5)6;/h13-14,16-17H,10-12,15H2,1-9H3;. The maximum absolute atomic E-state index is 2.54. The molecule has 0 aliphatic rings. The molecule has 0 spiro atoms. The fourth-order valence-electron chi connectivity index (χ4n) is 3.46. The van der Waals surface area contributed by atoms with Crippen LogP contribution in [0.15, 0.2) is 12.1 Å². The first-order valence-electron chi connectivity index (χ1n) is 10.9. The van der Waals surface area contributed by atoms with Crippen molar-refractivity contribution in [1.29, 1.82) is 0 Å². The van der Waals surface area contributed by atoms with Gasteiger partial charge in [0.15, 0.2) is 0 Å². The van der Waals surface area contributed by atoms with Crippen molar-refractivity contribution in [2.45, 2.75) is 104 Å². The third-order valence-electron chi connectivity index (χ3n) is 6.02. The summed E-state index contributed by atoms with van der Waals surface area (Å²) in [6, 6.07) is 5.06. The third-order valence-corrected chi connectivity index (χ3v) is 10.4. The predicted molar refractivity (Wildman–Crippen MR) is 132 cm³/mol. The molecule has 2 radical (unpaired) electrons. The summed E-state index contributed by atoms with van der Waals surface area (Å²) in [7, 11) is 0. The molecular weight excluding hydrogens is 434 g/mol. The summed E-state index contributed by atoms with van der Waals surface area (Å²) in [4.78, 5) is 6.20. The van der Waals surface area contributed by atoms with Gasteiger partial charge in [0.1, 0.15) is 0 Å². The van der Waals surface area contributed by atoms with Gasteiger partial charge in [-0.2, -0.15) is 0 Å². The van der Waals surface area contributed by atoms with E-state index in [-0.39, 0.29) is 0 Å². The molecule has 2 rings (SSSR count). The topological polar surface area (TPSA) is 0 Å². The van der Waals surface area contributed by atoms with Crippen molar-refractivity contribution in [3.63, 3.8) is 0 Å². The molecule has 0 saturated carbocycles. The van der Waals surface area contributed by atoms with Crippen molar-refractivity contribution < 1.29 is 0 Å². The second kappa shape index (κ2) is 9.45. The Morgan fingerprint density at radius 1 is 0.857 bits per heavy atom. The zero-order chi connectivity index (χ0) is 21.3. The Hall–Kier alpha value is 0.0364. The normalized spacial score (nSPS) is 14.8. The van der Waals surface area contributed by atoms with Gasteiger partial charge in [-0.3, -0.25) is 0 Å². The third kappa shape index (κ3) is 6.03. The average Bonchev–Trinajstić information content (AvgIpc) is 3.18. The Morgan fingerprint density at radius 3 is 2.00 bits per heavy atom. The average molecular weight is 473 g/mol. The van der Waals surface area contributed by atoms with Crippen LogP contribution in [-0.2, 0) is 12.8 Å². The molecule has 0 amide bonds. The van der Waals surface area contributed by atoms with Gasteiger partial charge >= 0.3 is 193 Å². The zero-order valence-corrected chi connectivity index (χ0v) is 23.6.